The van der Waals surface area contributed by atoms with Crippen LogP contribution in [0.1, 0.15) is 26.3 Å². The molecule has 1 aliphatic heterocycles. The second-order valence-electron chi connectivity index (χ2n) is 5.38. The molecule has 5 heteroatoms. The lowest BCUT2D eigenvalue weighted by Gasteiger charge is -2.32. The number of benzene rings is 1. The van der Waals surface area contributed by atoms with Crippen LogP contribution in [0.2, 0.25) is 0 Å². The molecule has 0 atom stereocenters. The highest BCUT2D eigenvalue weighted by atomic mass is 16.5. The molecule has 1 N–H and O–H groups in total. The second kappa shape index (κ2) is 5.60. The van der Waals surface area contributed by atoms with Gasteiger partial charge in [0.2, 0.25) is 0 Å². The van der Waals surface area contributed by atoms with Crippen LogP contribution >= 0.6 is 0 Å². The molecule has 112 valence electrons. The van der Waals surface area contributed by atoms with Gasteiger partial charge in [0.25, 0.3) is 5.91 Å². The molecular formula is C16H19NO4. The molecule has 1 heterocycles. The van der Waals surface area contributed by atoms with Crippen LogP contribution in [0, 0.1) is 0 Å². The smallest absolute Gasteiger partial charge is 0.347 e. The monoisotopic (exact) mass is 289 g/mol. The first-order chi connectivity index (χ1) is 9.89. The molecule has 0 saturated carbocycles. The van der Waals surface area contributed by atoms with E-state index in [2.05, 4.69) is 0 Å². The summed E-state index contributed by atoms with van der Waals surface area (Å²) in [6.07, 6.45) is 0. The molecule has 0 bridgehead atoms. The number of aliphatic hydroxyl groups excluding tert-OH is 1. The van der Waals surface area contributed by atoms with Crippen molar-refractivity contribution in [1.29, 1.82) is 0 Å². The van der Waals surface area contributed by atoms with E-state index in [1.807, 2.05) is 30.3 Å². The van der Waals surface area contributed by atoms with Crippen molar-refractivity contribution < 1.29 is 19.4 Å². The first kappa shape index (κ1) is 15.1. The SMILES string of the molecule is CCOC(=O)C1=C(O)C(C)(C)N(Cc2ccccc2)C1=O. The molecule has 5 nitrogen and oxygen atoms in total. The van der Waals surface area contributed by atoms with Crippen molar-refractivity contribution in [3.05, 3.63) is 47.2 Å². The lowest BCUT2D eigenvalue weighted by atomic mass is 10.0. The lowest BCUT2D eigenvalue weighted by molar-refractivity contribution is -0.141. The number of carbonyl (C=O) groups is 2. The van der Waals surface area contributed by atoms with Gasteiger partial charge in [-0.3, -0.25) is 4.79 Å². The van der Waals surface area contributed by atoms with E-state index >= 15 is 0 Å². The number of aliphatic hydroxyl groups is 1. The van der Waals surface area contributed by atoms with Crippen LogP contribution in [-0.4, -0.2) is 34.0 Å². The molecular weight excluding hydrogens is 270 g/mol. The Kier molecular flexibility index (Phi) is 4.02. The predicted octanol–water partition coefficient (Wildman–Crippen LogP) is 2.18. The first-order valence-corrected chi connectivity index (χ1v) is 6.86. The zero-order valence-corrected chi connectivity index (χ0v) is 12.4. The van der Waals surface area contributed by atoms with Crippen LogP contribution in [0.5, 0.6) is 0 Å². The van der Waals surface area contributed by atoms with E-state index in [0.29, 0.717) is 6.54 Å². The van der Waals surface area contributed by atoms with Gasteiger partial charge in [-0.25, -0.2) is 4.79 Å². The van der Waals surface area contributed by atoms with Crippen molar-refractivity contribution in [1.82, 2.24) is 4.90 Å². The molecule has 0 saturated heterocycles. The summed E-state index contributed by atoms with van der Waals surface area (Å²) in [7, 11) is 0. The Labute approximate surface area is 123 Å². The Balaban J connectivity index is 2.31. The maximum atomic E-state index is 12.5. The molecule has 0 aromatic heterocycles. The average Bonchev–Trinajstić information content (AvgIpc) is 2.61. The minimum Gasteiger partial charge on any atom is -0.509 e. The fourth-order valence-electron chi connectivity index (χ4n) is 2.35. The van der Waals surface area contributed by atoms with E-state index in [4.69, 9.17) is 4.74 Å². The number of nitrogens with zero attached hydrogens (tertiary/aromatic N) is 1. The number of esters is 1. The summed E-state index contributed by atoms with van der Waals surface area (Å²) in [4.78, 5) is 25.8. The summed E-state index contributed by atoms with van der Waals surface area (Å²) in [5.41, 5.74) is -0.274. The summed E-state index contributed by atoms with van der Waals surface area (Å²) < 4.78 is 4.85. The van der Waals surface area contributed by atoms with Gasteiger partial charge in [-0.05, 0) is 26.3 Å². The van der Waals surface area contributed by atoms with E-state index < -0.39 is 17.4 Å². The first-order valence-electron chi connectivity index (χ1n) is 6.86. The van der Waals surface area contributed by atoms with Crippen molar-refractivity contribution in [3.63, 3.8) is 0 Å². The Morgan fingerprint density at radius 3 is 2.48 bits per heavy atom. The summed E-state index contributed by atoms with van der Waals surface area (Å²) in [5, 5.41) is 10.2. The van der Waals surface area contributed by atoms with Crippen molar-refractivity contribution in [2.45, 2.75) is 32.9 Å². The topological polar surface area (TPSA) is 66.8 Å². The zero-order valence-electron chi connectivity index (χ0n) is 12.4. The van der Waals surface area contributed by atoms with E-state index in [1.54, 1.807) is 20.8 Å². The molecule has 2 rings (SSSR count). The van der Waals surface area contributed by atoms with Gasteiger partial charge in [0, 0.05) is 6.54 Å². The number of rotatable bonds is 4. The molecule has 0 fully saturated rings. The Morgan fingerprint density at radius 2 is 1.90 bits per heavy atom. The minimum atomic E-state index is -0.935. The Bertz CT molecular complexity index is 590. The fourth-order valence-corrected chi connectivity index (χ4v) is 2.35. The largest absolute Gasteiger partial charge is 0.509 e. The van der Waals surface area contributed by atoms with Gasteiger partial charge in [0.15, 0.2) is 5.57 Å². The van der Waals surface area contributed by atoms with Crippen molar-refractivity contribution in [3.8, 4) is 0 Å². The van der Waals surface area contributed by atoms with Crippen LogP contribution < -0.4 is 0 Å². The molecule has 1 aromatic carbocycles. The van der Waals surface area contributed by atoms with Crippen LogP contribution in [0.25, 0.3) is 0 Å². The molecule has 1 aliphatic rings. The Morgan fingerprint density at radius 1 is 1.29 bits per heavy atom. The minimum absolute atomic E-state index is 0.155. The van der Waals surface area contributed by atoms with Gasteiger partial charge in [-0.2, -0.15) is 0 Å². The van der Waals surface area contributed by atoms with Gasteiger partial charge in [0.05, 0.1) is 12.1 Å². The highest BCUT2D eigenvalue weighted by Gasteiger charge is 2.48. The van der Waals surface area contributed by atoms with Crippen molar-refractivity contribution in [2.75, 3.05) is 6.61 Å². The van der Waals surface area contributed by atoms with Gasteiger partial charge in [-0.15, -0.1) is 0 Å². The summed E-state index contributed by atoms with van der Waals surface area (Å²) >= 11 is 0. The van der Waals surface area contributed by atoms with Crippen LogP contribution in [0.3, 0.4) is 0 Å². The highest BCUT2D eigenvalue weighted by Crippen LogP contribution is 2.35. The van der Waals surface area contributed by atoms with E-state index in [-0.39, 0.29) is 17.9 Å². The quantitative estimate of drug-likeness (QED) is 0.681. The summed E-state index contributed by atoms with van der Waals surface area (Å²) in [5.74, 6) is -1.51. The third-order valence-corrected chi connectivity index (χ3v) is 3.61. The predicted molar refractivity (Wildman–Crippen MR) is 77.4 cm³/mol. The molecule has 0 radical (unpaired) electrons. The molecule has 1 aromatic rings. The van der Waals surface area contributed by atoms with E-state index in [9.17, 15) is 14.7 Å². The third kappa shape index (κ3) is 2.63. The lowest BCUT2D eigenvalue weighted by Crippen LogP contribution is -2.43. The maximum Gasteiger partial charge on any atom is 0.347 e. The normalized spacial score (nSPS) is 17.3. The van der Waals surface area contributed by atoms with Crippen LogP contribution in [0.4, 0.5) is 0 Å². The van der Waals surface area contributed by atoms with Crippen molar-refractivity contribution in [2.24, 2.45) is 0 Å². The average molecular weight is 289 g/mol. The Hall–Kier alpha value is -2.30. The van der Waals surface area contributed by atoms with E-state index in [1.165, 1.54) is 4.90 Å². The zero-order chi connectivity index (χ0) is 15.6. The van der Waals surface area contributed by atoms with Gasteiger partial charge >= 0.3 is 5.97 Å². The van der Waals surface area contributed by atoms with E-state index in [0.717, 1.165) is 5.56 Å². The third-order valence-electron chi connectivity index (χ3n) is 3.61. The number of amides is 1. The second-order valence-corrected chi connectivity index (χ2v) is 5.38. The maximum absolute atomic E-state index is 12.5. The number of hydrogen-bond donors (Lipinski definition) is 1. The van der Waals surface area contributed by atoms with Gasteiger partial charge < -0.3 is 14.7 Å². The number of carbonyl (C=O) groups excluding carboxylic acids is 2. The van der Waals surface area contributed by atoms with Crippen LogP contribution in [0.15, 0.2) is 41.7 Å². The molecule has 1 amide bonds. The number of hydrogen-bond acceptors (Lipinski definition) is 4. The molecule has 21 heavy (non-hydrogen) atoms. The van der Waals surface area contributed by atoms with Crippen molar-refractivity contribution >= 4 is 11.9 Å². The molecule has 0 spiro atoms. The van der Waals surface area contributed by atoms with Gasteiger partial charge in [-0.1, -0.05) is 30.3 Å². The van der Waals surface area contributed by atoms with Crippen LogP contribution in [-0.2, 0) is 20.9 Å². The molecule has 0 aliphatic carbocycles. The number of ether oxygens (including phenoxy) is 1. The standard InChI is InChI=1S/C16H19NO4/c1-4-21-15(20)12-13(18)16(2,3)17(14(12)19)10-11-8-6-5-7-9-11/h5-9,18H,4,10H2,1-3H3. The summed E-state index contributed by atoms with van der Waals surface area (Å²) in [6, 6.07) is 9.43. The highest BCUT2D eigenvalue weighted by molar-refractivity contribution is 6.19. The molecule has 0 unspecified atom stereocenters. The fraction of sp³-hybridized carbons (Fsp3) is 0.375. The van der Waals surface area contributed by atoms with Gasteiger partial charge in [0.1, 0.15) is 5.76 Å². The summed E-state index contributed by atoms with van der Waals surface area (Å²) in [6.45, 7) is 5.54.